The number of piperidine rings is 1. The van der Waals surface area contributed by atoms with E-state index in [0.717, 1.165) is 32.0 Å². The van der Waals surface area contributed by atoms with E-state index >= 15 is 0 Å². The van der Waals surface area contributed by atoms with Gasteiger partial charge in [0.05, 0.1) is 6.42 Å². The Labute approximate surface area is 111 Å². The summed E-state index contributed by atoms with van der Waals surface area (Å²) in [6.07, 6.45) is 1.96. The van der Waals surface area contributed by atoms with E-state index in [0.29, 0.717) is 12.5 Å². The monoisotopic (exact) mass is 268 g/mol. The third-order valence-corrected chi connectivity index (χ3v) is 3.43. The molecule has 0 spiro atoms. The van der Waals surface area contributed by atoms with Crippen LogP contribution in [0.4, 0.5) is 8.78 Å². The summed E-state index contributed by atoms with van der Waals surface area (Å²) in [7, 11) is 0. The number of amides is 1. The van der Waals surface area contributed by atoms with Crippen molar-refractivity contribution in [1.29, 1.82) is 0 Å². The van der Waals surface area contributed by atoms with E-state index in [1.54, 1.807) is 0 Å². The maximum absolute atomic E-state index is 13.4. The van der Waals surface area contributed by atoms with Crippen LogP contribution in [0.3, 0.4) is 0 Å². The van der Waals surface area contributed by atoms with Gasteiger partial charge in [0.15, 0.2) is 11.6 Å². The first-order valence-corrected chi connectivity index (χ1v) is 6.57. The van der Waals surface area contributed by atoms with Crippen molar-refractivity contribution in [1.82, 2.24) is 10.6 Å². The van der Waals surface area contributed by atoms with Crippen LogP contribution < -0.4 is 10.6 Å². The van der Waals surface area contributed by atoms with Crippen molar-refractivity contribution in [3.63, 3.8) is 0 Å². The first-order valence-electron chi connectivity index (χ1n) is 6.57. The van der Waals surface area contributed by atoms with Crippen LogP contribution in [0, 0.1) is 17.6 Å². The third kappa shape index (κ3) is 3.99. The van der Waals surface area contributed by atoms with Gasteiger partial charge >= 0.3 is 0 Å². The first kappa shape index (κ1) is 13.9. The topological polar surface area (TPSA) is 41.1 Å². The van der Waals surface area contributed by atoms with Crippen LogP contribution in [0.5, 0.6) is 0 Å². The number of nitrogens with one attached hydrogen (secondary N) is 2. The minimum Gasteiger partial charge on any atom is -0.356 e. The van der Waals surface area contributed by atoms with Gasteiger partial charge in [-0.1, -0.05) is 12.1 Å². The number of hydrogen-bond donors (Lipinski definition) is 2. The zero-order valence-electron chi connectivity index (χ0n) is 10.7. The predicted octanol–water partition coefficient (Wildman–Crippen LogP) is 1.62. The second kappa shape index (κ2) is 6.61. The summed E-state index contributed by atoms with van der Waals surface area (Å²) in [5.74, 6) is -1.63. The van der Waals surface area contributed by atoms with Crippen molar-refractivity contribution in [3.8, 4) is 0 Å². The maximum Gasteiger partial charge on any atom is 0.224 e. The Balaban J connectivity index is 1.82. The largest absolute Gasteiger partial charge is 0.356 e. The molecule has 3 nitrogen and oxygen atoms in total. The quantitative estimate of drug-likeness (QED) is 0.871. The van der Waals surface area contributed by atoms with Crippen molar-refractivity contribution >= 4 is 5.91 Å². The molecule has 1 amide bonds. The highest BCUT2D eigenvalue weighted by atomic mass is 19.2. The SMILES string of the molecule is O=C(Cc1cccc(F)c1F)NCC1CCNCC1. The molecule has 2 rings (SSSR count). The van der Waals surface area contributed by atoms with Gasteiger partial charge in [-0.25, -0.2) is 8.78 Å². The number of carbonyl (C=O) groups excluding carboxylic acids is 1. The lowest BCUT2D eigenvalue weighted by Gasteiger charge is -2.22. The second-order valence-electron chi connectivity index (χ2n) is 4.89. The van der Waals surface area contributed by atoms with Crippen molar-refractivity contribution in [3.05, 3.63) is 35.4 Å². The molecular formula is C14H18F2N2O. The molecule has 104 valence electrons. The van der Waals surface area contributed by atoms with Crippen LogP contribution in [-0.2, 0) is 11.2 Å². The van der Waals surface area contributed by atoms with Crippen LogP contribution in [-0.4, -0.2) is 25.5 Å². The van der Waals surface area contributed by atoms with E-state index in [2.05, 4.69) is 10.6 Å². The summed E-state index contributed by atoms with van der Waals surface area (Å²) < 4.78 is 26.4. The summed E-state index contributed by atoms with van der Waals surface area (Å²) in [5, 5.41) is 6.04. The minimum absolute atomic E-state index is 0.0998. The third-order valence-electron chi connectivity index (χ3n) is 3.43. The lowest BCUT2D eigenvalue weighted by atomic mass is 9.98. The standard InChI is InChI=1S/C14H18F2N2O/c15-12-3-1-2-11(14(12)16)8-13(19)18-9-10-4-6-17-7-5-10/h1-3,10,17H,4-9H2,(H,18,19). The fraction of sp³-hybridized carbons (Fsp3) is 0.500. The average molecular weight is 268 g/mol. The highest BCUT2D eigenvalue weighted by Crippen LogP contribution is 2.13. The molecule has 0 saturated carbocycles. The Morgan fingerprint density at radius 1 is 1.32 bits per heavy atom. The highest BCUT2D eigenvalue weighted by Gasteiger charge is 2.15. The molecule has 5 heteroatoms. The molecule has 2 N–H and O–H groups in total. The Hall–Kier alpha value is -1.49. The van der Waals surface area contributed by atoms with Gasteiger partial charge in [0.25, 0.3) is 0 Å². The summed E-state index contributed by atoms with van der Waals surface area (Å²) in [4.78, 5) is 11.7. The molecule has 1 saturated heterocycles. The van der Waals surface area contributed by atoms with E-state index in [1.807, 2.05) is 0 Å². The van der Waals surface area contributed by atoms with Crippen LogP contribution in [0.25, 0.3) is 0 Å². The smallest absolute Gasteiger partial charge is 0.224 e. The molecule has 0 aromatic heterocycles. The summed E-state index contributed by atoms with van der Waals surface area (Å²) in [6, 6.07) is 3.89. The van der Waals surface area contributed by atoms with Crippen molar-refractivity contribution < 1.29 is 13.6 Å². The molecule has 1 aromatic carbocycles. The summed E-state index contributed by atoms with van der Waals surface area (Å²) in [5.41, 5.74) is 0.0998. The van der Waals surface area contributed by atoms with Gasteiger partial charge in [0.1, 0.15) is 0 Å². The number of rotatable bonds is 4. The number of halogens is 2. The highest BCUT2D eigenvalue weighted by molar-refractivity contribution is 5.78. The van der Waals surface area contributed by atoms with Gasteiger partial charge in [-0.15, -0.1) is 0 Å². The van der Waals surface area contributed by atoms with Gasteiger partial charge in [-0.2, -0.15) is 0 Å². The zero-order chi connectivity index (χ0) is 13.7. The molecule has 1 aromatic rings. The van der Waals surface area contributed by atoms with Crippen molar-refractivity contribution in [2.24, 2.45) is 5.92 Å². The Bertz CT molecular complexity index is 445. The Morgan fingerprint density at radius 3 is 2.79 bits per heavy atom. The number of hydrogen-bond acceptors (Lipinski definition) is 2. The molecule has 1 aliphatic rings. The molecule has 0 atom stereocenters. The number of carbonyl (C=O) groups is 1. The van der Waals surface area contributed by atoms with Crippen LogP contribution in [0.15, 0.2) is 18.2 Å². The van der Waals surface area contributed by atoms with Crippen molar-refractivity contribution in [2.75, 3.05) is 19.6 Å². The molecule has 0 unspecified atom stereocenters. The van der Waals surface area contributed by atoms with Crippen molar-refractivity contribution in [2.45, 2.75) is 19.3 Å². The van der Waals surface area contributed by atoms with Crippen LogP contribution >= 0.6 is 0 Å². The van der Waals surface area contributed by atoms with Gasteiger partial charge in [-0.05, 0) is 37.9 Å². The Morgan fingerprint density at radius 2 is 2.05 bits per heavy atom. The fourth-order valence-electron chi connectivity index (χ4n) is 2.26. The maximum atomic E-state index is 13.4. The normalized spacial score (nSPS) is 16.3. The van der Waals surface area contributed by atoms with E-state index < -0.39 is 11.6 Å². The Kier molecular flexibility index (Phi) is 4.85. The summed E-state index contributed by atoms with van der Waals surface area (Å²) >= 11 is 0. The number of benzene rings is 1. The molecule has 19 heavy (non-hydrogen) atoms. The van der Waals surface area contributed by atoms with Gasteiger partial charge in [-0.3, -0.25) is 4.79 Å². The van der Waals surface area contributed by atoms with E-state index in [-0.39, 0.29) is 17.9 Å². The minimum atomic E-state index is -0.931. The average Bonchev–Trinajstić information content (AvgIpc) is 2.43. The molecule has 0 aliphatic carbocycles. The van der Waals surface area contributed by atoms with Gasteiger partial charge < -0.3 is 10.6 Å². The van der Waals surface area contributed by atoms with E-state index in [4.69, 9.17) is 0 Å². The molecule has 1 fully saturated rings. The predicted molar refractivity (Wildman–Crippen MR) is 68.7 cm³/mol. The van der Waals surface area contributed by atoms with Gasteiger partial charge in [0, 0.05) is 12.1 Å². The first-order chi connectivity index (χ1) is 9.16. The summed E-state index contributed by atoms with van der Waals surface area (Å²) in [6.45, 7) is 2.55. The molecule has 0 bridgehead atoms. The molecule has 0 radical (unpaired) electrons. The van der Waals surface area contributed by atoms with Crippen LogP contribution in [0.2, 0.25) is 0 Å². The van der Waals surface area contributed by atoms with E-state index in [9.17, 15) is 13.6 Å². The molecule has 1 aliphatic heterocycles. The zero-order valence-corrected chi connectivity index (χ0v) is 10.7. The second-order valence-corrected chi connectivity index (χ2v) is 4.89. The lowest BCUT2D eigenvalue weighted by Crippen LogP contribution is -2.36. The van der Waals surface area contributed by atoms with Crippen LogP contribution in [0.1, 0.15) is 18.4 Å². The van der Waals surface area contributed by atoms with Gasteiger partial charge in [0.2, 0.25) is 5.91 Å². The van der Waals surface area contributed by atoms with E-state index in [1.165, 1.54) is 12.1 Å². The molecular weight excluding hydrogens is 250 g/mol. The lowest BCUT2D eigenvalue weighted by molar-refractivity contribution is -0.120. The fourth-order valence-corrected chi connectivity index (χ4v) is 2.26. The molecule has 1 heterocycles.